The second-order valence-electron chi connectivity index (χ2n) is 8.64. The summed E-state index contributed by atoms with van der Waals surface area (Å²) in [7, 11) is 1.59. The number of hydrogen-bond donors (Lipinski definition) is 2. The largest absolute Gasteiger partial charge is 0.365 e. The van der Waals surface area contributed by atoms with Crippen LogP contribution < -0.4 is 15.8 Å². The number of aromatic nitrogens is 3. The second-order valence-corrected chi connectivity index (χ2v) is 8.64. The van der Waals surface area contributed by atoms with Crippen LogP contribution in [0.25, 0.3) is 21.8 Å². The number of fused-ring (bicyclic) bond motifs is 3. The number of anilines is 1. The number of carbonyl (C=O) groups is 1. The van der Waals surface area contributed by atoms with Crippen LogP contribution in [0.15, 0.2) is 53.6 Å². The van der Waals surface area contributed by atoms with Crippen LogP contribution in [-0.2, 0) is 6.54 Å². The highest BCUT2D eigenvalue weighted by Crippen LogP contribution is 2.23. The van der Waals surface area contributed by atoms with Gasteiger partial charge in [-0.05, 0) is 48.9 Å². The monoisotopic (exact) mass is 460 g/mol. The molecule has 0 radical (unpaired) electrons. The van der Waals surface area contributed by atoms with E-state index >= 15 is 0 Å². The minimum Gasteiger partial charge on any atom is -0.365 e. The predicted molar refractivity (Wildman–Crippen MR) is 130 cm³/mol. The van der Waals surface area contributed by atoms with Crippen molar-refractivity contribution in [2.24, 2.45) is 0 Å². The molecular formula is C25H25FN6O2. The summed E-state index contributed by atoms with van der Waals surface area (Å²) in [5.41, 5.74) is 3.38. The number of halogens is 1. The molecule has 0 saturated carbocycles. The topological polar surface area (TPSA) is 94.2 Å². The zero-order valence-electron chi connectivity index (χ0n) is 19.0. The summed E-state index contributed by atoms with van der Waals surface area (Å²) in [5, 5.41) is 3.53. The summed E-state index contributed by atoms with van der Waals surface area (Å²) < 4.78 is 13.6. The van der Waals surface area contributed by atoms with E-state index < -0.39 is 5.82 Å². The number of nitrogens with one attached hydrogen (secondary N) is 2. The summed E-state index contributed by atoms with van der Waals surface area (Å²) in [6, 6.07) is 10.1. The van der Waals surface area contributed by atoms with E-state index in [2.05, 4.69) is 37.0 Å². The number of pyridine rings is 3. The average Bonchev–Trinajstić information content (AvgIpc) is 2.84. The number of rotatable bonds is 4. The summed E-state index contributed by atoms with van der Waals surface area (Å²) in [6.07, 6.45) is 3.57. The van der Waals surface area contributed by atoms with Crippen molar-refractivity contribution in [1.29, 1.82) is 0 Å². The van der Waals surface area contributed by atoms with Crippen molar-refractivity contribution in [3.05, 3.63) is 76.2 Å². The van der Waals surface area contributed by atoms with Crippen LogP contribution in [0.2, 0.25) is 0 Å². The van der Waals surface area contributed by atoms with E-state index in [1.165, 1.54) is 12.1 Å². The maximum absolute atomic E-state index is 13.6. The molecule has 174 valence electrons. The third-order valence-electron chi connectivity index (χ3n) is 6.33. The van der Waals surface area contributed by atoms with E-state index in [4.69, 9.17) is 0 Å². The molecular weight excluding hydrogens is 435 g/mol. The Morgan fingerprint density at radius 2 is 2.00 bits per heavy atom. The van der Waals surface area contributed by atoms with E-state index in [9.17, 15) is 14.0 Å². The summed E-state index contributed by atoms with van der Waals surface area (Å²) in [5.74, 6) is -0.643. The fourth-order valence-corrected chi connectivity index (χ4v) is 4.64. The Kier molecular flexibility index (Phi) is 5.70. The Hall–Kier alpha value is -3.85. The highest BCUT2D eigenvalue weighted by Gasteiger charge is 2.24. The first-order chi connectivity index (χ1) is 16.4. The predicted octanol–water partition coefficient (Wildman–Crippen LogP) is 2.68. The zero-order chi connectivity index (χ0) is 23.8. The lowest BCUT2D eigenvalue weighted by Gasteiger charge is -2.41. The van der Waals surface area contributed by atoms with Gasteiger partial charge in [-0.2, -0.15) is 0 Å². The smallest absolute Gasteiger partial charge is 0.269 e. The molecule has 9 heteroatoms. The van der Waals surface area contributed by atoms with Gasteiger partial charge in [0.25, 0.3) is 11.5 Å². The SMILES string of the molecule is CNC(=O)c1ccc(N2CCN(Cc3cnc4c(c3)[nH]c(=O)c3cc(F)ccc34)C[C@@H]2C)cn1. The lowest BCUT2D eigenvalue weighted by molar-refractivity contribution is 0.0958. The van der Waals surface area contributed by atoms with Crippen LogP contribution in [0.5, 0.6) is 0 Å². The molecule has 1 aromatic carbocycles. The van der Waals surface area contributed by atoms with Crippen molar-refractivity contribution in [1.82, 2.24) is 25.2 Å². The molecule has 4 aromatic rings. The Balaban J connectivity index is 1.31. The van der Waals surface area contributed by atoms with Crippen LogP contribution in [0.3, 0.4) is 0 Å². The summed E-state index contributed by atoms with van der Waals surface area (Å²) >= 11 is 0. The molecule has 34 heavy (non-hydrogen) atoms. The number of carbonyl (C=O) groups excluding carboxylic acids is 1. The normalized spacial score (nSPS) is 16.8. The first-order valence-electron chi connectivity index (χ1n) is 11.2. The third kappa shape index (κ3) is 4.10. The van der Waals surface area contributed by atoms with E-state index in [-0.39, 0.29) is 17.5 Å². The Morgan fingerprint density at radius 3 is 2.74 bits per heavy atom. The zero-order valence-corrected chi connectivity index (χ0v) is 19.0. The lowest BCUT2D eigenvalue weighted by atomic mass is 10.1. The third-order valence-corrected chi connectivity index (χ3v) is 6.33. The summed E-state index contributed by atoms with van der Waals surface area (Å²) in [6.45, 7) is 5.41. The molecule has 1 amide bonds. The van der Waals surface area contributed by atoms with Crippen LogP contribution in [0.1, 0.15) is 23.0 Å². The number of aromatic amines is 1. The molecule has 0 aliphatic carbocycles. The van der Waals surface area contributed by atoms with Crippen molar-refractivity contribution in [2.75, 3.05) is 31.6 Å². The number of nitrogens with zero attached hydrogens (tertiary/aromatic N) is 4. The lowest BCUT2D eigenvalue weighted by Crippen LogP contribution is -2.51. The van der Waals surface area contributed by atoms with Crippen LogP contribution >= 0.6 is 0 Å². The van der Waals surface area contributed by atoms with E-state index in [1.54, 1.807) is 25.4 Å². The van der Waals surface area contributed by atoms with Crippen LogP contribution in [0.4, 0.5) is 10.1 Å². The van der Waals surface area contributed by atoms with Gasteiger partial charge in [-0.15, -0.1) is 0 Å². The van der Waals surface area contributed by atoms with Gasteiger partial charge < -0.3 is 15.2 Å². The molecule has 0 unspecified atom stereocenters. The number of benzene rings is 1. The molecule has 2 N–H and O–H groups in total. The second kappa shape index (κ2) is 8.83. The van der Waals surface area contributed by atoms with Gasteiger partial charge in [-0.1, -0.05) is 0 Å². The van der Waals surface area contributed by atoms with Gasteiger partial charge in [0.2, 0.25) is 0 Å². The Bertz CT molecular complexity index is 1440. The fraction of sp³-hybridized carbons (Fsp3) is 0.280. The standard InChI is InChI=1S/C25H25FN6O2/c1-15-13-31(7-8-32(15)18-4-6-21(28-12-18)25(34)27-2)14-16-9-22-23(29-11-16)19-5-3-17(26)10-20(19)24(33)30-22/h3-6,9-12,15H,7-8,13-14H2,1-2H3,(H,27,34)(H,30,33)/t15-/m0/s1. The maximum atomic E-state index is 13.6. The van der Waals surface area contributed by atoms with Gasteiger partial charge in [-0.3, -0.25) is 19.5 Å². The van der Waals surface area contributed by atoms with E-state index in [1.807, 2.05) is 18.3 Å². The molecule has 1 atom stereocenters. The fourth-order valence-electron chi connectivity index (χ4n) is 4.64. The molecule has 4 heterocycles. The molecule has 0 bridgehead atoms. The Morgan fingerprint density at radius 1 is 1.15 bits per heavy atom. The van der Waals surface area contributed by atoms with Gasteiger partial charge in [0.1, 0.15) is 11.5 Å². The quantitative estimate of drug-likeness (QED) is 0.455. The molecule has 8 nitrogen and oxygen atoms in total. The number of amides is 1. The van der Waals surface area contributed by atoms with E-state index in [0.29, 0.717) is 34.0 Å². The molecule has 1 fully saturated rings. The van der Waals surface area contributed by atoms with Crippen molar-refractivity contribution < 1.29 is 9.18 Å². The van der Waals surface area contributed by atoms with E-state index in [0.717, 1.165) is 30.9 Å². The number of H-pyrrole nitrogens is 1. The minimum atomic E-state index is -0.444. The Labute approximate surface area is 195 Å². The first kappa shape index (κ1) is 22.0. The van der Waals surface area contributed by atoms with Crippen molar-refractivity contribution in [2.45, 2.75) is 19.5 Å². The van der Waals surface area contributed by atoms with Gasteiger partial charge in [-0.25, -0.2) is 9.37 Å². The molecule has 5 rings (SSSR count). The van der Waals surface area contributed by atoms with Crippen LogP contribution in [0, 0.1) is 5.82 Å². The minimum absolute atomic E-state index is 0.199. The van der Waals surface area contributed by atoms with Gasteiger partial charge in [0.05, 0.1) is 28.3 Å². The number of piperazine rings is 1. The molecule has 1 saturated heterocycles. The van der Waals surface area contributed by atoms with Crippen molar-refractivity contribution >= 4 is 33.4 Å². The van der Waals surface area contributed by atoms with Gasteiger partial charge in [0.15, 0.2) is 0 Å². The van der Waals surface area contributed by atoms with Gasteiger partial charge >= 0.3 is 0 Å². The molecule has 1 aliphatic heterocycles. The first-order valence-corrected chi connectivity index (χ1v) is 11.2. The number of hydrogen-bond acceptors (Lipinski definition) is 6. The van der Waals surface area contributed by atoms with Crippen molar-refractivity contribution in [3.8, 4) is 0 Å². The highest BCUT2D eigenvalue weighted by atomic mass is 19.1. The molecule has 0 spiro atoms. The average molecular weight is 461 g/mol. The van der Waals surface area contributed by atoms with Crippen molar-refractivity contribution in [3.63, 3.8) is 0 Å². The summed E-state index contributed by atoms with van der Waals surface area (Å²) in [4.78, 5) is 40.5. The molecule has 1 aliphatic rings. The van der Waals surface area contributed by atoms with Crippen LogP contribution in [-0.4, -0.2) is 58.5 Å². The van der Waals surface area contributed by atoms with Gasteiger partial charge in [0, 0.05) is 50.9 Å². The highest BCUT2D eigenvalue weighted by molar-refractivity contribution is 6.02. The molecule has 3 aromatic heterocycles. The maximum Gasteiger partial charge on any atom is 0.269 e.